The predicted molar refractivity (Wildman–Crippen MR) is 117 cm³/mol. The van der Waals surface area contributed by atoms with Crippen molar-refractivity contribution in [3.63, 3.8) is 0 Å². The van der Waals surface area contributed by atoms with Gasteiger partial charge in [0.05, 0.1) is 23.4 Å². The van der Waals surface area contributed by atoms with Crippen LogP contribution >= 0.6 is 11.8 Å². The Labute approximate surface area is 176 Å². The van der Waals surface area contributed by atoms with E-state index in [0.29, 0.717) is 6.54 Å². The lowest BCUT2D eigenvalue weighted by molar-refractivity contribution is -0.117. The van der Waals surface area contributed by atoms with E-state index in [0.717, 1.165) is 27.7 Å². The number of aryl methyl sites for hydroxylation is 2. The number of aromatic nitrogens is 2. The molecule has 148 valence electrons. The van der Waals surface area contributed by atoms with Gasteiger partial charge in [-0.05, 0) is 44.5 Å². The van der Waals surface area contributed by atoms with E-state index >= 15 is 0 Å². The van der Waals surface area contributed by atoms with Gasteiger partial charge in [0.25, 0.3) is 0 Å². The smallest absolute Gasteiger partial charge is 0.240 e. The maximum atomic E-state index is 13.2. The molecule has 3 rings (SSSR count). The normalized spacial score (nSPS) is 11.7. The van der Waals surface area contributed by atoms with Crippen molar-refractivity contribution in [3.05, 3.63) is 72.1 Å². The molecule has 0 bridgehead atoms. The van der Waals surface area contributed by atoms with E-state index in [1.54, 1.807) is 11.1 Å². The van der Waals surface area contributed by atoms with Crippen LogP contribution in [-0.2, 0) is 4.79 Å². The van der Waals surface area contributed by atoms with Crippen molar-refractivity contribution < 1.29 is 4.79 Å². The zero-order chi connectivity index (χ0) is 20.8. The van der Waals surface area contributed by atoms with Crippen LogP contribution < -0.4 is 4.90 Å². The standard InChI is InChI=1S/C23H24N4OS/c1-17-9-11-20(12-10-17)26(15-6-13-24)22(28)19(3)29-23-25-14-16-27(23)21-8-5-4-7-18(21)2/h4-5,7-12,14,16,19H,6,15H2,1-3H3. The number of benzene rings is 2. The molecule has 0 aliphatic rings. The summed E-state index contributed by atoms with van der Waals surface area (Å²) in [6.45, 7) is 6.32. The molecule has 5 nitrogen and oxygen atoms in total. The molecule has 1 aromatic heterocycles. The number of anilines is 1. The third-order valence-corrected chi connectivity index (χ3v) is 5.74. The summed E-state index contributed by atoms with van der Waals surface area (Å²) in [7, 11) is 0. The van der Waals surface area contributed by atoms with Crippen molar-refractivity contribution in [1.29, 1.82) is 5.26 Å². The number of carbonyl (C=O) groups excluding carboxylic acids is 1. The van der Waals surface area contributed by atoms with Gasteiger partial charge in [-0.1, -0.05) is 47.7 Å². The van der Waals surface area contributed by atoms with Crippen molar-refractivity contribution in [2.75, 3.05) is 11.4 Å². The summed E-state index contributed by atoms with van der Waals surface area (Å²) in [4.78, 5) is 19.4. The third-order valence-electron chi connectivity index (χ3n) is 4.67. The fourth-order valence-electron chi connectivity index (χ4n) is 3.08. The molecule has 1 heterocycles. The molecule has 0 aliphatic heterocycles. The van der Waals surface area contributed by atoms with Crippen molar-refractivity contribution in [1.82, 2.24) is 9.55 Å². The number of nitrogens with zero attached hydrogens (tertiary/aromatic N) is 4. The lowest BCUT2D eigenvalue weighted by Gasteiger charge is -2.25. The van der Waals surface area contributed by atoms with Crippen LogP contribution in [0.5, 0.6) is 0 Å². The minimum atomic E-state index is -0.347. The Morgan fingerprint density at radius 1 is 1.21 bits per heavy atom. The number of hydrogen-bond acceptors (Lipinski definition) is 4. The zero-order valence-electron chi connectivity index (χ0n) is 16.9. The first-order chi connectivity index (χ1) is 14.0. The molecule has 0 fully saturated rings. The molecule has 0 saturated heterocycles. The number of nitriles is 1. The van der Waals surface area contributed by atoms with Gasteiger partial charge in [0.1, 0.15) is 0 Å². The molecule has 1 unspecified atom stereocenters. The molecule has 0 spiro atoms. The highest BCUT2D eigenvalue weighted by molar-refractivity contribution is 8.00. The molecule has 0 radical (unpaired) electrons. The molecular formula is C23H24N4OS. The maximum Gasteiger partial charge on any atom is 0.240 e. The van der Waals surface area contributed by atoms with Gasteiger partial charge in [0.15, 0.2) is 5.16 Å². The van der Waals surface area contributed by atoms with Gasteiger partial charge in [-0.15, -0.1) is 0 Å². The summed E-state index contributed by atoms with van der Waals surface area (Å²) in [5.74, 6) is -0.0339. The van der Waals surface area contributed by atoms with E-state index < -0.39 is 0 Å². The Bertz CT molecular complexity index is 1020. The van der Waals surface area contributed by atoms with Crippen LogP contribution in [-0.4, -0.2) is 27.3 Å². The second-order valence-corrected chi connectivity index (χ2v) is 8.17. The molecule has 3 aromatic rings. The number of imidazole rings is 1. The van der Waals surface area contributed by atoms with E-state index in [1.165, 1.54) is 11.8 Å². The molecular weight excluding hydrogens is 380 g/mol. The third kappa shape index (κ3) is 4.87. The Hall–Kier alpha value is -3.04. The van der Waals surface area contributed by atoms with Gasteiger partial charge < -0.3 is 4.90 Å². The summed E-state index contributed by atoms with van der Waals surface area (Å²) in [6, 6.07) is 18.0. The summed E-state index contributed by atoms with van der Waals surface area (Å²) in [5, 5.41) is 9.44. The Morgan fingerprint density at radius 2 is 1.93 bits per heavy atom. The first kappa shape index (κ1) is 20.7. The average Bonchev–Trinajstić information content (AvgIpc) is 3.17. The summed E-state index contributed by atoms with van der Waals surface area (Å²) >= 11 is 1.43. The minimum Gasteiger partial charge on any atom is -0.310 e. The van der Waals surface area contributed by atoms with Gasteiger partial charge in [0.2, 0.25) is 5.91 Å². The summed E-state index contributed by atoms with van der Waals surface area (Å²) in [6.07, 6.45) is 3.95. The second-order valence-electron chi connectivity index (χ2n) is 6.86. The van der Waals surface area contributed by atoms with Crippen LogP contribution in [0.15, 0.2) is 66.1 Å². The van der Waals surface area contributed by atoms with Gasteiger partial charge in [-0.3, -0.25) is 9.36 Å². The van der Waals surface area contributed by atoms with Gasteiger partial charge in [-0.25, -0.2) is 4.98 Å². The van der Waals surface area contributed by atoms with Crippen LogP contribution in [0, 0.1) is 25.2 Å². The van der Waals surface area contributed by atoms with Gasteiger partial charge in [0, 0.05) is 24.6 Å². The maximum absolute atomic E-state index is 13.2. The molecule has 6 heteroatoms. The Kier molecular flexibility index (Phi) is 6.73. The van der Waals surface area contributed by atoms with Crippen molar-refractivity contribution in [3.8, 4) is 11.8 Å². The highest BCUT2D eigenvalue weighted by Crippen LogP contribution is 2.28. The molecule has 0 aliphatic carbocycles. The first-order valence-electron chi connectivity index (χ1n) is 9.52. The molecule has 1 atom stereocenters. The van der Waals surface area contributed by atoms with Crippen molar-refractivity contribution in [2.24, 2.45) is 0 Å². The van der Waals surface area contributed by atoms with Crippen LogP contribution in [0.1, 0.15) is 24.5 Å². The number of carbonyl (C=O) groups is 1. The van der Waals surface area contributed by atoms with Crippen molar-refractivity contribution in [2.45, 2.75) is 37.6 Å². The number of rotatable bonds is 7. The fourth-order valence-corrected chi connectivity index (χ4v) is 4.01. The van der Waals surface area contributed by atoms with Crippen LogP contribution in [0.4, 0.5) is 5.69 Å². The Morgan fingerprint density at radius 3 is 2.62 bits per heavy atom. The number of hydrogen-bond donors (Lipinski definition) is 0. The summed E-state index contributed by atoms with van der Waals surface area (Å²) in [5.41, 5.74) is 4.13. The fraction of sp³-hybridized carbons (Fsp3) is 0.261. The highest BCUT2D eigenvalue weighted by atomic mass is 32.2. The zero-order valence-corrected chi connectivity index (χ0v) is 17.7. The van der Waals surface area contributed by atoms with Gasteiger partial charge >= 0.3 is 0 Å². The predicted octanol–water partition coefficient (Wildman–Crippen LogP) is 4.92. The van der Waals surface area contributed by atoms with E-state index in [9.17, 15) is 4.79 Å². The SMILES string of the molecule is Cc1ccc(N(CCC#N)C(=O)C(C)Sc2nccn2-c2ccccc2C)cc1. The minimum absolute atomic E-state index is 0.0339. The second kappa shape index (κ2) is 9.44. The van der Waals surface area contributed by atoms with Crippen LogP contribution in [0.25, 0.3) is 5.69 Å². The average molecular weight is 405 g/mol. The number of para-hydroxylation sites is 1. The molecule has 29 heavy (non-hydrogen) atoms. The largest absolute Gasteiger partial charge is 0.310 e. The lowest BCUT2D eigenvalue weighted by atomic mass is 10.2. The quantitative estimate of drug-likeness (QED) is 0.525. The van der Waals surface area contributed by atoms with Crippen LogP contribution in [0.3, 0.4) is 0 Å². The Balaban J connectivity index is 1.82. The van der Waals surface area contributed by atoms with Crippen LogP contribution in [0.2, 0.25) is 0 Å². The molecule has 2 aromatic carbocycles. The van der Waals surface area contributed by atoms with E-state index in [-0.39, 0.29) is 17.6 Å². The van der Waals surface area contributed by atoms with E-state index in [2.05, 4.69) is 24.0 Å². The van der Waals surface area contributed by atoms with E-state index in [4.69, 9.17) is 5.26 Å². The molecule has 0 saturated carbocycles. The van der Waals surface area contributed by atoms with Gasteiger partial charge in [-0.2, -0.15) is 5.26 Å². The number of amides is 1. The molecule has 0 N–H and O–H groups in total. The number of thioether (sulfide) groups is 1. The van der Waals surface area contributed by atoms with E-state index in [1.807, 2.05) is 67.1 Å². The highest BCUT2D eigenvalue weighted by Gasteiger charge is 2.24. The topological polar surface area (TPSA) is 61.9 Å². The summed E-state index contributed by atoms with van der Waals surface area (Å²) < 4.78 is 2.01. The molecule has 1 amide bonds. The monoisotopic (exact) mass is 404 g/mol. The van der Waals surface area contributed by atoms with Crippen molar-refractivity contribution >= 4 is 23.4 Å². The lowest BCUT2D eigenvalue weighted by Crippen LogP contribution is -2.37. The first-order valence-corrected chi connectivity index (χ1v) is 10.4.